The Morgan fingerprint density at radius 3 is 1.06 bits per heavy atom. The highest BCUT2D eigenvalue weighted by Gasteiger charge is 2.60. The summed E-state index contributed by atoms with van der Waals surface area (Å²) in [5, 5.41) is 0. The number of methoxy groups -OCH3 is 2. The average molecular weight is 1360 g/mol. The van der Waals surface area contributed by atoms with E-state index in [1.807, 2.05) is 54.6 Å². The van der Waals surface area contributed by atoms with Gasteiger partial charge in [-0.2, -0.15) is 0 Å². The Labute approximate surface area is 571 Å². The fourth-order valence-corrected chi connectivity index (χ4v) is 12.0. The van der Waals surface area contributed by atoms with Gasteiger partial charge in [-0.1, -0.05) is 168 Å². The van der Waals surface area contributed by atoms with Gasteiger partial charge in [0.15, 0.2) is 36.8 Å². The van der Waals surface area contributed by atoms with Crippen molar-refractivity contribution >= 4 is 44.1 Å². The fraction of sp³-hybridized carbons (Fsp3) is 0.221. The summed E-state index contributed by atoms with van der Waals surface area (Å²) in [4.78, 5) is 88.8. The Morgan fingerprint density at radius 1 is 0.364 bits per heavy atom. The first-order valence-electron chi connectivity index (χ1n) is 31.6. The van der Waals surface area contributed by atoms with E-state index < -0.39 is 124 Å². The molecular weight excluding hydrogens is 1290 g/mol. The highest BCUT2D eigenvalue weighted by atomic mass is 31.1. The topological polar surface area (TPSA) is 249 Å². The molecule has 21 nitrogen and oxygen atoms in total. The van der Waals surface area contributed by atoms with Crippen molar-refractivity contribution in [3.63, 3.8) is 0 Å². The molecule has 0 aromatic heterocycles. The summed E-state index contributed by atoms with van der Waals surface area (Å²) in [5.41, 5.74) is 0.168. The Kier molecular flexibility index (Phi) is 23.5. The van der Waals surface area contributed by atoms with Gasteiger partial charge >= 0.3 is 44.1 Å². The zero-order valence-electron chi connectivity index (χ0n) is 53.7. The number of esters is 6. The van der Waals surface area contributed by atoms with Crippen LogP contribution < -0.4 is 9.47 Å². The molecule has 99 heavy (non-hydrogen) atoms. The van der Waals surface area contributed by atoms with Crippen LogP contribution in [0.1, 0.15) is 85.8 Å². The van der Waals surface area contributed by atoms with Crippen molar-refractivity contribution in [1.29, 1.82) is 0 Å². The van der Waals surface area contributed by atoms with Gasteiger partial charge in [-0.15, -0.1) is 4.52 Å². The van der Waals surface area contributed by atoms with Crippen LogP contribution in [0.5, 0.6) is 11.5 Å². The maximum Gasteiger partial charge on any atom is 0.700 e. The molecule has 0 N–H and O–H groups in total. The van der Waals surface area contributed by atoms with Gasteiger partial charge in [0.05, 0.1) is 54.2 Å². The largest absolute Gasteiger partial charge is 0.700 e. The monoisotopic (exact) mass is 1360 g/mol. The molecule has 0 spiro atoms. The molecule has 2 heterocycles. The maximum absolute atomic E-state index is 15.1. The van der Waals surface area contributed by atoms with Crippen LogP contribution in [0.15, 0.2) is 261 Å². The van der Waals surface area contributed by atoms with Crippen LogP contribution in [0, 0.1) is 0 Å². The van der Waals surface area contributed by atoms with Gasteiger partial charge in [0.2, 0.25) is 0 Å². The van der Waals surface area contributed by atoms with Gasteiger partial charge in [-0.05, 0) is 121 Å². The number of carbonyl (C=O) groups excluding carboxylic acids is 6. The normalized spacial score (nSPS) is 20.5. The quantitative estimate of drug-likeness (QED) is 0.0201. The van der Waals surface area contributed by atoms with E-state index in [2.05, 4.69) is 0 Å². The van der Waals surface area contributed by atoms with Gasteiger partial charge in [0.25, 0.3) is 6.29 Å². The van der Waals surface area contributed by atoms with Crippen molar-refractivity contribution in [3.05, 3.63) is 311 Å². The summed E-state index contributed by atoms with van der Waals surface area (Å²) in [6, 6.07) is 70.3. The molecule has 2 aliphatic heterocycles. The predicted molar refractivity (Wildman–Crippen MR) is 356 cm³/mol. The van der Waals surface area contributed by atoms with Crippen LogP contribution in [-0.2, 0) is 66.6 Å². The zero-order chi connectivity index (χ0) is 69.1. The number of ether oxygens (including phenoxy) is 12. The molecule has 2 aliphatic rings. The van der Waals surface area contributed by atoms with Crippen molar-refractivity contribution in [2.45, 2.75) is 73.9 Å². The molecule has 506 valence electrons. The van der Waals surface area contributed by atoms with Crippen LogP contribution >= 0.6 is 8.25 Å². The van der Waals surface area contributed by atoms with E-state index in [-0.39, 0.29) is 40.0 Å². The zero-order valence-corrected chi connectivity index (χ0v) is 54.6. The molecule has 0 saturated carbocycles. The lowest BCUT2D eigenvalue weighted by Crippen LogP contribution is -2.67. The third-order valence-electron chi connectivity index (χ3n) is 16.2. The van der Waals surface area contributed by atoms with E-state index in [1.165, 1.54) is 87.0 Å². The summed E-state index contributed by atoms with van der Waals surface area (Å²) in [5.74, 6) is -4.89. The molecule has 2 fully saturated rings. The van der Waals surface area contributed by atoms with E-state index >= 15 is 9.59 Å². The lowest BCUT2D eigenvalue weighted by atomic mass is 9.80. The molecule has 2 saturated heterocycles. The van der Waals surface area contributed by atoms with Crippen molar-refractivity contribution in [2.75, 3.05) is 34.0 Å². The maximum atomic E-state index is 15.1. The highest BCUT2D eigenvalue weighted by Crippen LogP contribution is 2.45. The summed E-state index contributed by atoms with van der Waals surface area (Å²) < 4.78 is 104. The van der Waals surface area contributed by atoms with Gasteiger partial charge in [-0.3, -0.25) is 0 Å². The first-order valence-corrected chi connectivity index (χ1v) is 32.7. The summed E-state index contributed by atoms with van der Waals surface area (Å²) >= 11 is 0. The summed E-state index contributed by atoms with van der Waals surface area (Å²) in [7, 11) is -0.0700. The third-order valence-corrected chi connectivity index (χ3v) is 17.0. The molecule has 0 bridgehead atoms. The molecule has 9 aromatic carbocycles. The third kappa shape index (κ3) is 17.0. The minimum absolute atomic E-state index is 0.00340. The molecule has 9 aromatic rings. The lowest BCUT2D eigenvalue weighted by molar-refractivity contribution is -0.351. The van der Waals surface area contributed by atoms with E-state index in [0.29, 0.717) is 28.2 Å². The Morgan fingerprint density at radius 2 is 0.677 bits per heavy atom. The molecular formula is C77H68O21P+. The average Bonchev–Trinajstić information content (AvgIpc) is 0.756. The smallest absolute Gasteiger partial charge is 0.497 e. The number of carbonyl (C=O) groups is 6. The Hall–Kier alpha value is -10.7. The number of hydrogen-bond donors (Lipinski definition) is 0. The molecule has 0 aliphatic carbocycles. The Balaban J connectivity index is 1.13. The molecule has 11 rings (SSSR count). The second-order valence-electron chi connectivity index (χ2n) is 22.4. The first-order chi connectivity index (χ1) is 48.3. The van der Waals surface area contributed by atoms with Crippen LogP contribution in [0.3, 0.4) is 0 Å². The number of rotatable bonds is 27. The van der Waals surface area contributed by atoms with E-state index in [9.17, 15) is 23.7 Å². The molecule has 11 atom stereocenters. The number of benzene rings is 9. The standard InChI is InChI=1S/C77H68O21P/c1-4-89-99(84)98-76-68(96-74(83)55-36-22-10-23-37-55)66(94-72(81)53-32-18-8-19-33-53)64(61(91-76)48-87-69(78)50-26-12-5-13-27-50)97-75-67(95-73(82)54-34-20-9-21-35-54)65(93-71(80)52-30-16-7-17-31-52)63(92-70(79)51-28-14-6-15-29-51)62(90-75)49-88-77(56-38-24-11-25-39-56,57-40-44-59(85-2)45-41-57)58-42-46-60(86-3)47-43-58/h5-47,61-68,75-76H,4,48-49H2,1-3H3/q+1/t61-,62-,63+,64-,65+,66+,67-,68+,75+,76-/m1/s1. The summed E-state index contributed by atoms with van der Waals surface area (Å²) in [6.07, 6.45) is -19.4. The fourth-order valence-electron chi connectivity index (χ4n) is 11.3. The molecule has 1 unspecified atom stereocenters. The van der Waals surface area contributed by atoms with E-state index in [4.69, 9.17) is 65.9 Å². The van der Waals surface area contributed by atoms with Crippen LogP contribution in [0.2, 0.25) is 0 Å². The molecule has 0 radical (unpaired) electrons. The second kappa shape index (κ2) is 33.5. The van der Waals surface area contributed by atoms with E-state index in [0.717, 1.165) is 0 Å². The minimum atomic E-state index is -3.13. The minimum Gasteiger partial charge on any atom is -0.497 e. The SMILES string of the molecule is CCO[P+](=O)O[C@H]1O[C@H](COC(=O)c2ccccc2)[C@@H](O[C@@H]2O[C@H](COC(c3ccccc3)(c3ccc(OC)cc3)c3ccc(OC)cc3)[C@H](OC(=O)c3ccccc3)[C@H](OC(=O)c3ccccc3)[C@H]2OC(=O)c2ccccc2)[C@H](OC(=O)c2ccccc2)[C@@H]1OC(=O)c1ccccc1. The van der Waals surface area contributed by atoms with Crippen LogP contribution in [-0.4, -0.2) is 131 Å². The van der Waals surface area contributed by atoms with Crippen LogP contribution in [0.4, 0.5) is 0 Å². The van der Waals surface area contributed by atoms with Crippen molar-refractivity contribution in [3.8, 4) is 11.5 Å². The van der Waals surface area contributed by atoms with Gasteiger partial charge in [0.1, 0.15) is 48.6 Å². The van der Waals surface area contributed by atoms with Gasteiger partial charge < -0.3 is 56.8 Å². The van der Waals surface area contributed by atoms with Crippen molar-refractivity contribution in [1.82, 2.24) is 0 Å². The van der Waals surface area contributed by atoms with Crippen LogP contribution in [0.25, 0.3) is 0 Å². The van der Waals surface area contributed by atoms with E-state index in [1.54, 1.807) is 140 Å². The van der Waals surface area contributed by atoms with Crippen molar-refractivity contribution in [2.24, 2.45) is 0 Å². The first kappa shape index (κ1) is 69.6. The molecule has 0 amide bonds. The Bertz CT molecular complexity index is 4090. The lowest BCUT2D eigenvalue weighted by Gasteiger charge is -2.48. The highest BCUT2D eigenvalue weighted by molar-refractivity contribution is 7.33. The van der Waals surface area contributed by atoms with Crippen molar-refractivity contribution < 1.29 is 99.2 Å². The molecule has 22 heteroatoms. The number of hydrogen-bond acceptors (Lipinski definition) is 21. The summed E-state index contributed by atoms with van der Waals surface area (Å²) in [6.45, 7) is -0.0128. The van der Waals surface area contributed by atoms with Gasteiger partial charge in [-0.25, -0.2) is 28.8 Å². The predicted octanol–water partition coefficient (Wildman–Crippen LogP) is 12.5. The van der Waals surface area contributed by atoms with Gasteiger partial charge in [0, 0.05) is 4.57 Å². The second-order valence-corrected chi connectivity index (χ2v) is 23.3.